The van der Waals surface area contributed by atoms with Crippen LogP contribution in [0.5, 0.6) is 0 Å². The van der Waals surface area contributed by atoms with Gasteiger partial charge in [-0.25, -0.2) is 4.79 Å². The monoisotopic (exact) mass is 314 g/mol. The van der Waals surface area contributed by atoms with E-state index in [0.717, 1.165) is 17.4 Å². The van der Waals surface area contributed by atoms with Crippen LogP contribution in [0.4, 0.5) is 0 Å². The largest absolute Gasteiger partial charge is 0.465 e. The topological polar surface area (TPSA) is 26.3 Å². The summed E-state index contributed by atoms with van der Waals surface area (Å²) in [4.78, 5) is 11.4. The molecular formula is C21H30O2. The third kappa shape index (κ3) is 5.85. The van der Waals surface area contributed by atoms with E-state index in [9.17, 15) is 4.79 Å². The summed E-state index contributed by atoms with van der Waals surface area (Å²) in [7, 11) is 1.41. The molecule has 0 spiro atoms. The van der Waals surface area contributed by atoms with Gasteiger partial charge in [-0.3, -0.25) is 0 Å². The van der Waals surface area contributed by atoms with Crippen molar-refractivity contribution in [3.8, 4) is 0 Å². The molecule has 0 radical (unpaired) electrons. The van der Waals surface area contributed by atoms with Crippen LogP contribution in [0.2, 0.25) is 0 Å². The van der Waals surface area contributed by atoms with Crippen molar-refractivity contribution in [2.45, 2.75) is 58.3 Å². The van der Waals surface area contributed by atoms with E-state index in [0.29, 0.717) is 5.56 Å². The summed E-state index contributed by atoms with van der Waals surface area (Å²) in [5.74, 6) is 1.41. The van der Waals surface area contributed by atoms with Gasteiger partial charge >= 0.3 is 5.97 Å². The number of benzene rings is 1. The maximum Gasteiger partial charge on any atom is 0.337 e. The summed E-state index contributed by atoms with van der Waals surface area (Å²) in [6, 6.07) is 7.63. The zero-order valence-corrected chi connectivity index (χ0v) is 14.6. The number of esters is 1. The Morgan fingerprint density at radius 2 is 1.83 bits per heavy atom. The molecule has 126 valence electrons. The fourth-order valence-electron chi connectivity index (χ4n) is 3.45. The summed E-state index contributed by atoms with van der Waals surface area (Å²) >= 11 is 0. The fraction of sp³-hybridized carbons (Fsp3) is 0.571. The van der Waals surface area contributed by atoms with Gasteiger partial charge in [-0.05, 0) is 55.2 Å². The smallest absolute Gasteiger partial charge is 0.337 e. The molecular weight excluding hydrogens is 284 g/mol. The van der Waals surface area contributed by atoms with Crippen LogP contribution in [0.15, 0.2) is 30.3 Å². The molecule has 0 heterocycles. The van der Waals surface area contributed by atoms with Crippen molar-refractivity contribution in [2.24, 2.45) is 11.8 Å². The first-order valence-electron chi connectivity index (χ1n) is 9.09. The molecule has 0 unspecified atom stereocenters. The molecule has 0 amide bonds. The molecule has 1 saturated carbocycles. The van der Waals surface area contributed by atoms with E-state index in [4.69, 9.17) is 4.74 Å². The van der Waals surface area contributed by atoms with Crippen LogP contribution < -0.4 is 0 Å². The number of carbonyl (C=O) groups is 1. The number of unbranched alkanes of at least 4 members (excludes halogenated alkanes) is 2. The van der Waals surface area contributed by atoms with Crippen LogP contribution in [-0.4, -0.2) is 13.1 Å². The Hall–Kier alpha value is -1.57. The van der Waals surface area contributed by atoms with Crippen LogP contribution in [0, 0.1) is 11.8 Å². The molecule has 2 heteroatoms. The first-order chi connectivity index (χ1) is 11.2. The van der Waals surface area contributed by atoms with Crippen LogP contribution >= 0.6 is 0 Å². The van der Waals surface area contributed by atoms with Crippen molar-refractivity contribution in [1.29, 1.82) is 0 Å². The molecule has 0 N–H and O–H groups in total. The number of hydrogen-bond donors (Lipinski definition) is 0. The summed E-state index contributed by atoms with van der Waals surface area (Å²) in [6.45, 7) is 2.28. The predicted octanol–water partition coefficient (Wildman–Crippen LogP) is 5.87. The van der Waals surface area contributed by atoms with Gasteiger partial charge in [0.1, 0.15) is 0 Å². The van der Waals surface area contributed by atoms with Gasteiger partial charge in [0.2, 0.25) is 0 Å². The standard InChI is InChI=1S/C21H30O2/c1-3-4-5-6-17-7-9-18(10-8-17)11-12-19-13-15-20(16-14-19)21(22)23-2/h11-18H,3-10H2,1-2H3/b12-11+/t17-,18-. The highest BCUT2D eigenvalue weighted by Crippen LogP contribution is 2.33. The highest BCUT2D eigenvalue weighted by atomic mass is 16.5. The summed E-state index contributed by atoms with van der Waals surface area (Å²) in [6.07, 6.45) is 15.5. The molecule has 1 aromatic rings. The van der Waals surface area contributed by atoms with E-state index >= 15 is 0 Å². The molecule has 0 atom stereocenters. The first kappa shape index (κ1) is 17.8. The Bertz CT molecular complexity index is 493. The Labute approximate surface area is 140 Å². The van der Waals surface area contributed by atoms with Crippen LogP contribution in [0.1, 0.15) is 74.2 Å². The van der Waals surface area contributed by atoms with Crippen molar-refractivity contribution >= 4 is 12.0 Å². The van der Waals surface area contributed by atoms with E-state index < -0.39 is 0 Å². The molecule has 0 bridgehead atoms. The molecule has 0 saturated heterocycles. The van der Waals surface area contributed by atoms with Crippen molar-refractivity contribution in [2.75, 3.05) is 7.11 Å². The second-order valence-electron chi connectivity index (χ2n) is 6.75. The minimum atomic E-state index is -0.276. The minimum Gasteiger partial charge on any atom is -0.465 e. The molecule has 0 aliphatic heterocycles. The predicted molar refractivity (Wildman–Crippen MR) is 96.4 cm³/mol. The summed E-state index contributed by atoms with van der Waals surface area (Å²) in [5.41, 5.74) is 1.76. The Kier molecular flexibility index (Phi) is 7.38. The summed E-state index contributed by atoms with van der Waals surface area (Å²) < 4.78 is 4.72. The van der Waals surface area contributed by atoms with E-state index in [1.54, 1.807) is 0 Å². The Morgan fingerprint density at radius 1 is 1.13 bits per heavy atom. The van der Waals surface area contributed by atoms with Gasteiger partial charge in [-0.2, -0.15) is 0 Å². The molecule has 1 fully saturated rings. The van der Waals surface area contributed by atoms with Gasteiger partial charge in [-0.15, -0.1) is 0 Å². The number of allylic oxidation sites excluding steroid dienone is 1. The van der Waals surface area contributed by atoms with Crippen molar-refractivity contribution < 1.29 is 9.53 Å². The van der Waals surface area contributed by atoms with Crippen LogP contribution in [0.25, 0.3) is 6.08 Å². The lowest BCUT2D eigenvalue weighted by atomic mass is 9.79. The Balaban J connectivity index is 1.77. The van der Waals surface area contributed by atoms with E-state index in [2.05, 4.69) is 19.1 Å². The second kappa shape index (κ2) is 9.54. The fourth-order valence-corrected chi connectivity index (χ4v) is 3.45. The lowest BCUT2D eigenvalue weighted by Gasteiger charge is -2.26. The van der Waals surface area contributed by atoms with Crippen molar-refractivity contribution in [1.82, 2.24) is 0 Å². The lowest BCUT2D eigenvalue weighted by molar-refractivity contribution is 0.0600. The van der Waals surface area contributed by atoms with Gasteiger partial charge in [0.15, 0.2) is 0 Å². The maximum absolute atomic E-state index is 11.4. The van der Waals surface area contributed by atoms with Crippen LogP contribution in [0.3, 0.4) is 0 Å². The van der Waals surface area contributed by atoms with E-state index in [1.165, 1.54) is 58.5 Å². The number of rotatable bonds is 7. The van der Waals surface area contributed by atoms with Gasteiger partial charge < -0.3 is 4.74 Å². The van der Waals surface area contributed by atoms with Crippen molar-refractivity contribution in [3.63, 3.8) is 0 Å². The highest BCUT2D eigenvalue weighted by molar-refractivity contribution is 5.89. The number of carbonyl (C=O) groups excluding carboxylic acids is 1. The molecule has 2 nitrogen and oxygen atoms in total. The lowest BCUT2D eigenvalue weighted by Crippen LogP contribution is -2.12. The number of methoxy groups -OCH3 is 1. The number of ether oxygens (including phenoxy) is 1. The highest BCUT2D eigenvalue weighted by Gasteiger charge is 2.18. The first-order valence-corrected chi connectivity index (χ1v) is 9.09. The second-order valence-corrected chi connectivity index (χ2v) is 6.75. The molecule has 1 aromatic carbocycles. The molecule has 0 aromatic heterocycles. The van der Waals surface area contributed by atoms with Gasteiger partial charge in [0.05, 0.1) is 12.7 Å². The maximum atomic E-state index is 11.4. The quantitative estimate of drug-likeness (QED) is 0.464. The van der Waals surface area contributed by atoms with E-state index in [-0.39, 0.29) is 5.97 Å². The molecule has 1 aliphatic rings. The Morgan fingerprint density at radius 3 is 2.43 bits per heavy atom. The van der Waals surface area contributed by atoms with Crippen molar-refractivity contribution in [3.05, 3.63) is 41.5 Å². The molecule has 2 rings (SSSR count). The molecule has 1 aliphatic carbocycles. The zero-order chi connectivity index (χ0) is 16.5. The van der Waals surface area contributed by atoms with Gasteiger partial charge in [-0.1, -0.05) is 56.9 Å². The zero-order valence-electron chi connectivity index (χ0n) is 14.6. The van der Waals surface area contributed by atoms with E-state index in [1.807, 2.05) is 24.3 Å². The van der Waals surface area contributed by atoms with Gasteiger partial charge in [0, 0.05) is 0 Å². The van der Waals surface area contributed by atoms with Gasteiger partial charge in [0.25, 0.3) is 0 Å². The third-order valence-corrected chi connectivity index (χ3v) is 5.00. The average molecular weight is 314 g/mol. The normalized spacial score (nSPS) is 21.5. The average Bonchev–Trinajstić information content (AvgIpc) is 2.61. The summed E-state index contributed by atoms with van der Waals surface area (Å²) in [5, 5.41) is 0. The number of hydrogen-bond acceptors (Lipinski definition) is 2. The SMILES string of the molecule is CCCCC[C@H]1CC[C@H](/C=C/c2ccc(C(=O)OC)cc2)CC1. The molecule has 23 heavy (non-hydrogen) atoms. The minimum absolute atomic E-state index is 0.276. The van der Waals surface area contributed by atoms with Crippen LogP contribution in [-0.2, 0) is 4.74 Å². The third-order valence-electron chi connectivity index (χ3n) is 5.00.